The molecule has 4 heteroatoms. The van der Waals surface area contributed by atoms with Crippen LogP contribution in [0.3, 0.4) is 0 Å². The van der Waals surface area contributed by atoms with Gasteiger partial charge in [-0.3, -0.25) is 4.79 Å². The molecule has 0 aliphatic carbocycles. The minimum atomic E-state index is -0.931. The molecule has 0 aliphatic rings. The van der Waals surface area contributed by atoms with Gasteiger partial charge in [0.15, 0.2) is 0 Å². The highest BCUT2D eigenvalue weighted by Crippen LogP contribution is 2.09. The molecule has 4 nitrogen and oxygen atoms in total. The molecule has 0 aromatic rings. The molecule has 246 valence electrons. The average molecular weight is 607 g/mol. The molecule has 0 spiro atoms. The molecule has 0 fully saturated rings. The fraction of sp³-hybridized carbons (Fsp3) is 0.500. The van der Waals surface area contributed by atoms with Crippen LogP contribution < -0.4 is 0 Å². The molecule has 0 heterocycles. The molecule has 0 unspecified atom stereocenters. The van der Waals surface area contributed by atoms with E-state index in [0.717, 1.165) is 70.3 Å². The Bertz CT molecular complexity index is 910. The fourth-order valence-corrected chi connectivity index (χ4v) is 3.91. The Hall–Kier alpha value is -3.40. The van der Waals surface area contributed by atoms with Gasteiger partial charge in [0.25, 0.3) is 0 Å². The van der Waals surface area contributed by atoms with Crippen LogP contribution in [0.1, 0.15) is 129 Å². The molecule has 0 bridgehead atoms. The molecule has 0 aromatic carbocycles. The summed E-state index contributed by atoms with van der Waals surface area (Å²) in [5, 5.41) is 16.9. The fourth-order valence-electron chi connectivity index (χ4n) is 3.91. The second kappa shape index (κ2) is 39.6. The van der Waals surface area contributed by atoms with E-state index in [0.29, 0.717) is 6.42 Å². The highest BCUT2D eigenvalue weighted by molar-refractivity contribution is 5.80. The summed E-state index contributed by atoms with van der Waals surface area (Å²) in [6.07, 6.45) is 56.1. The van der Waals surface area contributed by atoms with Crippen LogP contribution in [-0.2, 0) is 9.59 Å². The second-order valence-electron chi connectivity index (χ2n) is 10.5. The summed E-state index contributed by atoms with van der Waals surface area (Å²) in [5.41, 5.74) is 0. The van der Waals surface area contributed by atoms with E-state index >= 15 is 0 Å². The largest absolute Gasteiger partial charge is 0.481 e. The summed E-state index contributed by atoms with van der Waals surface area (Å²) in [6, 6.07) is 0. The van der Waals surface area contributed by atoms with Crippen molar-refractivity contribution in [1.82, 2.24) is 0 Å². The van der Waals surface area contributed by atoms with Crippen molar-refractivity contribution in [2.45, 2.75) is 129 Å². The Morgan fingerprint density at radius 1 is 0.455 bits per heavy atom. The summed E-state index contributed by atoms with van der Waals surface area (Å²) in [6.45, 7) is 4.40. The number of hydrogen-bond donors (Lipinski definition) is 2. The number of carbonyl (C=O) groups is 2. The number of hydrogen-bond acceptors (Lipinski definition) is 2. The molecule has 0 radical (unpaired) electrons. The minimum absolute atomic E-state index is 0.309. The van der Waals surface area contributed by atoms with Gasteiger partial charge in [0.05, 0.1) is 0 Å². The van der Waals surface area contributed by atoms with Gasteiger partial charge < -0.3 is 10.2 Å². The minimum Gasteiger partial charge on any atom is -0.481 e. The number of allylic oxidation sites excluding steroid dienone is 17. The van der Waals surface area contributed by atoms with Gasteiger partial charge in [-0.05, 0) is 57.8 Å². The Labute approximate surface area is 270 Å². The van der Waals surface area contributed by atoms with Crippen molar-refractivity contribution in [2.24, 2.45) is 0 Å². The molecule has 44 heavy (non-hydrogen) atoms. The maximum atomic E-state index is 10.3. The lowest BCUT2D eigenvalue weighted by Gasteiger charge is -1.98. The number of aliphatic carboxylic acids is 2. The number of rotatable bonds is 27. The normalized spacial score (nSPS) is 12.6. The monoisotopic (exact) mass is 606 g/mol. The van der Waals surface area contributed by atoms with Crippen molar-refractivity contribution in [1.29, 1.82) is 0 Å². The van der Waals surface area contributed by atoms with Gasteiger partial charge in [0.2, 0.25) is 0 Å². The van der Waals surface area contributed by atoms with E-state index in [2.05, 4.69) is 74.6 Å². The Balaban J connectivity index is 0. The third-order valence-corrected chi connectivity index (χ3v) is 6.36. The van der Waals surface area contributed by atoms with E-state index in [9.17, 15) is 9.59 Å². The van der Waals surface area contributed by atoms with Crippen molar-refractivity contribution >= 4 is 11.9 Å². The van der Waals surface area contributed by atoms with Crippen LogP contribution in [0.15, 0.2) is 109 Å². The highest BCUT2D eigenvalue weighted by Gasteiger charge is 1.95. The Morgan fingerprint density at radius 3 is 1.41 bits per heavy atom. The lowest BCUT2D eigenvalue weighted by Crippen LogP contribution is -1.93. The second-order valence-corrected chi connectivity index (χ2v) is 10.5. The van der Waals surface area contributed by atoms with Crippen LogP contribution in [0.2, 0.25) is 0 Å². The quantitative estimate of drug-likeness (QED) is 0.0422. The molecule has 0 rings (SSSR count). The Morgan fingerprint density at radius 2 is 0.886 bits per heavy atom. The first kappa shape index (κ1) is 42.7. The van der Waals surface area contributed by atoms with Crippen molar-refractivity contribution in [3.8, 4) is 0 Å². The maximum Gasteiger partial charge on any atom is 0.328 e. The van der Waals surface area contributed by atoms with Crippen molar-refractivity contribution < 1.29 is 19.8 Å². The molecule has 0 atom stereocenters. The summed E-state index contributed by atoms with van der Waals surface area (Å²) < 4.78 is 0. The smallest absolute Gasteiger partial charge is 0.328 e. The van der Waals surface area contributed by atoms with E-state index in [1.165, 1.54) is 51.0 Å². The van der Waals surface area contributed by atoms with Gasteiger partial charge in [0, 0.05) is 12.5 Å². The van der Waals surface area contributed by atoms with Gasteiger partial charge in [0.1, 0.15) is 0 Å². The summed E-state index contributed by atoms with van der Waals surface area (Å²) in [7, 11) is 0. The molecule has 0 aromatic heterocycles. The molecule has 0 saturated heterocycles. The third kappa shape index (κ3) is 45.6. The van der Waals surface area contributed by atoms with Gasteiger partial charge in [-0.1, -0.05) is 169 Å². The van der Waals surface area contributed by atoms with Crippen molar-refractivity contribution in [3.05, 3.63) is 109 Å². The number of unbranched alkanes of at least 4 members (excludes halogenated alkanes) is 11. The molecular weight excluding hydrogens is 544 g/mol. The van der Waals surface area contributed by atoms with Gasteiger partial charge in [-0.2, -0.15) is 0 Å². The van der Waals surface area contributed by atoms with E-state index < -0.39 is 11.9 Å². The molecule has 0 saturated carbocycles. The average Bonchev–Trinajstić information content (AvgIpc) is 3.00. The van der Waals surface area contributed by atoms with Crippen LogP contribution in [0.25, 0.3) is 0 Å². The molecular formula is C40H62O4. The third-order valence-electron chi connectivity index (χ3n) is 6.36. The number of carboxylic acids is 2. The van der Waals surface area contributed by atoms with E-state index in [1.807, 2.05) is 24.3 Å². The van der Waals surface area contributed by atoms with Gasteiger partial charge >= 0.3 is 11.9 Å². The number of carboxylic acid groups (broad SMARTS) is 2. The predicted octanol–water partition coefficient (Wildman–Crippen LogP) is 12.2. The van der Waals surface area contributed by atoms with Crippen LogP contribution in [0.5, 0.6) is 0 Å². The summed E-state index contributed by atoms with van der Waals surface area (Å²) in [5.74, 6) is -1.61. The predicted molar refractivity (Wildman–Crippen MR) is 192 cm³/mol. The van der Waals surface area contributed by atoms with E-state index in [4.69, 9.17) is 10.2 Å². The van der Waals surface area contributed by atoms with Crippen LogP contribution in [0, 0.1) is 0 Å². The zero-order valence-electron chi connectivity index (χ0n) is 27.8. The van der Waals surface area contributed by atoms with E-state index in [-0.39, 0.29) is 0 Å². The summed E-state index contributed by atoms with van der Waals surface area (Å²) >= 11 is 0. The highest BCUT2D eigenvalue weighted by atomic mass is 16.4. The van der Waals surface area contributed by atoms with Crippen molar-refractivity contribution in [2.75, 3.05) is 0 Å². The first-order valence-corrected chi connectivity index (χ1v) is 16.9. The van der Waals surface area contributed by atoms with Gasteiger partial charge in [-0.25, -0.2) is 4.79 Å². The van der Waals surface area contributed by atoms with Crippen LogP contribution in [-0.4, -0.2) is 22.2 Å². The topological polar surface area (TPSA) is 74.6 Å². The van der Waals surface area contributed by atoms with Crippen LogP contribution >= 0.6 is 0 Å². The lowest BCUT2D eigenvalue weighted by atomic mass is 10.1. The van der Waals surface area contributed by atoms with E-state index in [1.54, 1.807) is 12.2 Å². The zero-order chi connectivity index (χ0) is 32.6. The van der Waals surface area contributed by atoms with Gasteiger partial charge in [-0.15, -0.1) is 0 Å². The zero-order valence-corrected chi connectivity index (χ0v) is 27.8. The molecule has 0 amide bonds. The first-order valence-electron chi connectivity index (χ1n) is 16.9. The lowest BCUT2D eigenvalue weighted by molar-refractivity contribution is -0.137. The summed E-state index contributed by atoms with van der Waals surface area (Å²) in [4.78, 5) is 20.5. The van der Waals surface area contributed by atoms with Crippen molar-refractivity contribution in [3.63, 3.8) is 0 Å². The SMILES string of the molecule is CCC=CCC=CCC=CCC=CCCCCCCC(=O)O.CCCCCCCCCC=CC=CC=CC=CC=CC(=O)O. The first-order chi connectivity index (χ1) is 21.5. The molecule has 2 N–H and O–H groups in total. The standard InChI is InChI=1S/C20H32O2.C20H30O2/c2*1-2-3-4-5-6-7-8-9-10-11-12-13-14-15-16-17-18-19-20(21)22/h3-4,6-7,9-10,12-13H,2,5,8,11,14-19H2,1H3,(H,21,22);10-19H,2-9H2,1H3,(H,21,22). The van der Waals surface area contributed by atoms with Crippen LogP contribution in [0.4, 0.5) is 0 Å². The Kier molecular flexibility index (Phi) is 38.5. The maximum absolute atomic E-state index is 10.3. The molecule has 0 aliphatic heterocycles.